The lowest BCUT2D eigenvalue weighted by molar-refractivity contribution is 0.308. The Labute approximate surface area is 166 Å². The van der Waals surface area contributed by atoms with Crippen LogP contribution in [0.15, 0.2) is 12.1 Å². The number of benzene rings is 1. The van der Waals surface area contributed by atoms with Gasteiger partial charge in [-0.3, -0.25) is 0 Å². The van der Waals surface area contributed by atoms with Crippen molar-refractivity contribution in [2.24, 2.45) is 23.7 Å². The van der Waals surface area contributed by atoms with E-state index in [0.29, 0.717) is 0 Å². The van der Waals surface area contributed by atoms with Crippen molar-refractivity contribution in [2.75, 3.05) is 0 Å². The van der Waals surface area contributed by atoms with E-state index in [1.165, 1.54) is 73.6 Å². The van der Waals surface area contributed by atoms with Crippen LogP contribution in [-0.4, -0.2) is 0 Å². The van der Waals surface area contributed by atoms with Crippen LogP contribution in [0, 0.1) is 51.4 Å². The summed E-state index contributed by atoms with van der Waals surface area (Å²) in [5, 5.41) is 0. The maximum Gasteiger partial charge on any atom is 0 e. The Morgan fingerprint density at radius 3 is 1.00 bits per heavy atom. The molecule has 2 aliphatic rings. The fourth-order valence-electron chi connectivity index (χ4n) is 4.11. The molecule has 0 amide bonds. The minimum Gasteiger partial charge on any atom is -0.0625 e. The van der Waals surface area contributed by atoms with Gasteiger partial charge in [0.25, 0.3) is 0 Å². The van der Waals surface area contributed by atoms with E-state index in [1.807, 2.05) is 0 Å². The molecule has 0 spiro atoms. The summed E-state index contributed by atoms with van der Waals surface area (Å²) in [7, 11) is 0. The number of aryl methyl sites for hydroxylation is 3. The zero-order valence-corrected chi connectivity index (χ0v) is 19.1. The lowest BCUT2D eigenvalue weighted by Gasteiger charge is -2.22. The van der Waals surface area contributed by atoms with E-state index < -0.39 is 0 Å². The molecule has 152 valence electrons. The summed E-state index contributed by atoms with van der Waals surface area (Å²) in [6, 6.07) is 4.45. The average Bonchev–Trinajstić information content (AvgIpc) is 2.59. The predicted molar refractivity (Wildman–Crippen MR) is 121 cm³/mol. The molecule has 0 aromatic heterocycles. The molecule has 0 radical (unpaired) electrons. The van der Waals surface area contributed by atoms with Crippen molar-refractivity contribution >= 4 is 0 Å². The van der Waals surface area contributed by atoms with Gasteiger partial charge in [0.2, 0.25) is 0 Å². The monoisotopic (exact) mass is 360 g/mol. The first-order chi connectivity index (χ1) is 12.2. The quantitative estimate of drug-likeness (QED) is 0.433. The maximum atomic E-state index is 2.37. The van der Waals surface area contributed by atoms with Crippen molar-refractivity contribution in [2.45, 2.75) is 107 Å². The minimum atomic E-state index is 0. The second-order valence-corrected chi connectivity index (χ2v) is 9.75. The van der Waals surface area contributed by atoms with Crippen LogP contribution in [0.3, 0.4) is 0 Å². The molecule has 3 rings (SSSR count). The molecule has 26 heavy (non-hydrogen) atoms. The van der Waals surface area contributed by atoms with Crippen LogP contribution in [-0.2, 0) is 0 Å². The van der Waals surface area contributed by atoms with E-state index in [4.69, 9.17) is 0 Å². The van der Waals surface area contributed by atoms with Crippen LogP contribution in [0.1, 0.15) is 103 Å². The summed E-state index contributed by atoms with van der Waals surface area (Å²) in [5.41, 5.74) is 5.58. The Bertz CT molecular complexity index is 440. The zero-order valence-electron chi connectivity index (χ0n) is 19.1. The zero-order chi connectivity index (χ0) is 19.7. The first kappa shape index (κ1) is 23.3. The molecule has 0 unspecified atom stereocenters. The van der Waals surface area contributed by atoms with Crippen LogP contribution in [0.2, 0.25) is 0 Å². The molecule has 0 N–H and O–H groups in total. The molecule has 0 saturated heterocycles. The van der Waals surface area contributed by atoms with Gasteiger partial charge >= 0.3 is 0 Å². The highest BCUT2D eigenvalue weighted by Crippen LogP contribution is 2.27. The van der Waals surface area contributed by atoms with Gasteiger partial charge in [-0.1, -0.05) is 96.8 Å². The number of hydrogen-bond donors (Lipinski definition) is 0. The second kappa shape index (κ2) is 11.8. The lowest BCUT2D eigenvalue weighted by Crippen LogP contribution is -2.08. The van der Waals surface area contributed by atoms with Gasteiger partial charge in [-0.05, 0) is 68.1 Å². The van der Waals surface area contributed by atoms with Gasteiger partial charge < -0.3 is 0 Å². The third-order valence-corrected chi connectivity index (χ3v) is 6.68. The molecule has 0 atom stereocenters. The van der Waals surface area contributed by atoms with Crippen LogP contribution >= 0.6 is 0 Å². The number of hydrogen-bond acceptors (Lipinski definition) is 0. The van der Waals surface area contributed by atoms with Crippen molar-refractivity contribution in [1.82, 2.24) is 0 Å². The fourth-order valence-corrected chi connectivity index (χ4v) is 4.11. The predicted octanol–water partition coefficient (Wildman–Crippen LogP) is 8.83. The molecule has 0 aliphatic heterocycles. The Balaban J connectivity index is 0.000000372. The van der Waals surface area contributed by atoms with E-state index in [0.717, 1.165) is 23.7 Å². The summed E-state index contributed by atoms with van der Waals surface area (Å²) in [5.74, 6) is 4.08. The van der Waals surface area contributed by atoms with Crippen molar-refractivity contribution in [3.63, 3.8) is 0 Å². The average molecular weight is 361 g/mol. The third-order valence-electron chi connectivity index (χ3n) is 6.68. The van der Waals surface area contributed by atoms with Crippen LogP contribution in [0.4, 0.5) is 0 Å². The summed E-state index contributed by atoms with van der Waals surface area (Å²) < 4.78 is 0. The topological polar surface area (TPSA) is 0 Å². The van der Waals surface area contributed by atoms with Gasteiger partial charge in [-0.15, -0.1) is 0 Å². The molecular formula is C26H48. The highest BCUT2D eigenvalue weighted by Gasteiger charge is 2.13. The molecule has 2 aliphatic carbocycles. The highest BCUT2D eigenvalue weighted by atomic mass is 14.2. The van der Waals surface area contributed by atoms with Gasteiger partial charge in [0.1, 0.15) is 0 Å². The summed E-state index contributed by atoms with van der Waals surface area (Å²) in [6.45, 7) is 18.1. The minimum absolute atomic E-state index is 0. The Morgan fingerprint density at radius 1 is 0.538 bits per heavy atom. The molecule has 0 bridgehead atoms. The third kappa shape index (κ3) is 9.24. The van der Waals surface area contributed by atoms with Crippen molar-refractivity contribution in [1.29, 1.82) is 0 Å². The molecule has 1 aromatic rings. The maximum absolute atomic E-state index is 2.37. The SMILES string of the molecule is CC1CCC(C)CC1.CC1CCC(C)CC1.Cc1cc(C)c(C)c(C)c1.[HH]. The number of rotatable bonds is 0. The summed E-state index contributed by atoms with van der Waals surface area (Å²) in [4.78, 5) is 0. The molecule has 2 saturated carbocycles. The second-order valence-electron chi connectivity index (χ2n) is 9.75. The first-order valence-corrected chi connectivity index (χ1v) is 11.2. The van der Waals surface area contributed by atoms with Gasteiger partial charge in [0, 0.05) is 1.43 Å². The Morgan fingerprint density at radius 2 is 0.769 bits per heavy atom. The van der Waals surface area contributed by atoms with Gasteiger partial charge in [-0.25, -0.2) is 0 Å². The van der Waals surface area contributed by atoms with Gasteiger partial charge in [0.05, 0.1) is 0 Å². The smallest absolute Gasteiger partial charge is 0 e. The van der Waals surface area contributed by atoms with Gasteiger partial charge in [0.15, 0.2) is 0 Å². The highest BCUT2D eigenvalue weighted by molar-refractivity contribution is 5.36. The van der Waals surface area contributed by atoms with E-state index in [1.54, 1.807) is 0 Å². The largest absolute Gasteiger partial charge is 0.0625 e. The van der Waals surface area contributed by atoms with Crippen molar-refractivity contribution in [3.8, 4) is 0 Å². The van der Waals surface area contributed by atoms with E-state index in [9.17, 15) is 0 Å². The van der Waals surface area contributed by atoms with E-state index in [2.05, 4.69) is 67.5 Å². The molecule has 0 nitrogen and oxygen atoms in total. The normalized spacial score (nSPS) is 28.3. The van der Waals surface area contributed by atoms with Crippen LogP contribution < -0.4 is 0 Å². The first-order valence-electron chi connectivity index (χ1n) is 11.2. The van der Waals surface area contributed by atoms with Crippen molar-refractivity contribution in [3.05, 3.63) is 34.4 Å². The summed E-state index contributed by atoms with van der Waals surface area (Å²) in [6.07, 6.45) is 11.8. The molecular weight excluding hydrogens is 312 g/mol. The standard InChI is InChI=1S/C10H14.2C8H16.H2/c1-7-5-8(2)10(4)9(3)6-7;2*1-7-3-5-8(2)6-4-7;/h5-6H,1-4H3;2*7-8H,3-6H2,1-2H3;1H. The van der Waals surface area contributed by atoms with Crippen LogP contribution in [0.5, 0.6) is 0 Å². The van der Waals surface area contributed by atoms with Crippen molar-refractivity contribution < 1.29 is 1.43 Å². The Hall–Kier alpha value is -0.780. The molecule has 2 fully saturated rings. The Kier molecular flexibility index (Phi) is 10.6. The molecule has 0 heteroatoms. The molecule has 0 heterocycles. The van der Waals surface area contributed by atoms with E-state index >= 15 is 0 Å². The fraction of sp³-hybridized carbons (Fsp3) is 0.769. The van der Waals surface area contributed by atoms with Crippen LogP contribution in [0.25, 0.3) is 0 Å². The van der Waals surface area contributed by atoms with Gasteiger partial charge in [-0.2, -0.15) is 0 Å². The summed E-state index contributed by atoms with van der Waals surface area (Å²) >= 11 is 0. The molecule has 1 aromatic carbocycles. The van der Waals surface area contributed by atoms with E-state index in [-0.39, 0.29) is 1.43 Å². The lowest BCUT2D eigenvalue weighted by atomic mass is 9.84.